The van der Waals surface area contributed by atoms with Gasteiger partial charge in [0.25, 0.3) is 0 Å². The summed E-state index contributed by atoms with van der Waals surface area (Å²) in [5.41, 5.74) is 5.89. The van der Waals surface area contributed by atoms with Crippen molar-refractivity contribution in [2.45, 2.75) is 18.9 Å². The average molecular weight is 329 g/mol. The third kappa shape index (κ3) is 5.60. The van der Waals surface area contributed by atoms with Crippen LogP contribution < -0.4 is 16.4 Å². The highest BCUT2D eigenvalue weighted by atomic mass is 79.9. The molecule has 104 valence electrons. The number of rotatable bonds is 7. The van der Waals surface area contributed by atoms with Crippen LogP contribution in [-0.2, 0) is 4.79 Å². The normalized spacial score (nSPS) is 11.6. The molecule has 0 saturated carbocycles. The number of guanidine groups is 1. The molecular formula is C12H17BrN4O2. The Morgan fingerprint density at radius 3 is 2.74 bits per heavy atom. The van der Waals surface area contributed by atoms with Crippen molar-refractivity contribution < 1.29 is 9.90 Å². The van der Waals surface area contributed by atoms with Crippen molar-refractivity contribution in [2.24, 2.45) is 5.73 Å². The molecular weight excluding hydrogens is 312 g/mol. The summed E-state index contributed by atoms with van der Waals surface area (Å²) >= 11 is 3.36. The minimum absolute atomic E-state index is 0.106. The van der Waals surface area contributed by atoms with Gasteiger partial charge in [-0.3, -0.25) is 5.41 Å². The van der Waals surface area contributed by atoms with Crippen molar-refractivity contribution >= 4 is 33.5 Å². The van der Waals surface area contributed by atoms with Gasteiger partial charge in [-0.15, -0.1) is 0 Å². The first-order chi connectivity index (χ1) is 9.00. The SMILES string of the molecule is N=C(N)NCCC[C@H](Nc1ccccc1Br)C(=O)O. The monoisotopic (exact) mass is 328 g/mol. The van der Waals surface area contributed by atoms with Gasteiger partial charge < -0.3 is 21.5 Å². The Kier molecular flexibility index (Phi) is 6.14. The lowest BCUT2D eigenvalue weighted by Gasteiger charge is -2.16. The summed E-state index contributed by atoms with van der Waals surface area (Å²) in [6, 6.07) is 6.68. The fraction of sp³-hybridized carbons (Fsp3) is 0.333. The summed E-state index contributed by atoms with van der Waals surface area (Å²) in [6.45, 7) is 0.483. The number of benzene rings is 1. The molecule has 0 aliphatic rings. The third-order valence-corrected chi connectivity index (χ3v) is 3.18. The van der Waals surface area contributed by atoms with Crippen LogP contribution in [0.1, 0.15) is 12.8 Å². The number of nitrogens with two attached hydrogens (primary N) is 1. The molecule has 0 radical (unpaired) electrons. The van der Waals surface area contributed by atoms with Crippen LogP contribution in [0.15, 0.2) is 28.7 Å². The number of carbonyl (C=O) groups is 1. The van der Waals surface area contributed by atoms with Crippen molar-refractivity contribution in [3.05, 3.63) is 28.7 Å². The number of halogens is 1. The molecule has 1 aromatic carbocycles. The molecule has 0 fully saturated rings. The zero-order valence-electron chi connectivity index (χ0n) is 10.3. The second-order valence-electron chi connectivity index (χ2n) is 4.00. The topological polar surface area (TPSA) is 111 Å². The second kappa shape index (κ2) is 7.63. The van der Waals surface area contributed by atoms with E-state index >= 15 is 0 Å². The van der Waals surface area contributed by atoms with E-state index in [-0.39, 0.29) is 5.96 Å². The highest BCUT2D eigenvalue weighted by molar-refractivity contribution is 9.10. The van der Waals surface area contributed by atoms with Gasteiger partial charge in [0.15, 0.2) is 5.96 Å². The minimum atomic E-state index is -0.904. The van der Waals surface area contributed by atoms with E-state index in [0.29, 0.717) is 19.4 Å². The van der Waals surface area contributed by atoms with Crippen molar-refractivity contribution in [3.63, 3.8) is 0 Å². The number of nitrogens with one attached hydrogen (secondary N) is 3. The Hall–Kier alpha value is -1.76. The first-order valence-electron chi connectivity index (χ1n) is 5.82. The highest BCUT2D eigenvalue weighted by Gasteiger charge is 2.17. The van der Waals surface area contributed by atoms with E-state index in [2.05, 4.69) is 26.6 Å². The van der Waals surface area contributed by atoms with Gasteiger partial charge in [0.05, 0.1) is 0 Å². The van der Waals surface area contributed by atoms with E-state index in [1.165, 1.54) is 0 Å². The largest absolute Gasteiger partial charge is 0.480 e. The second-order valence-corrected chi connectivity index (χ2v) is 4.85. The van der Waals surface area contributed by atoms with Crippen LogP contribution in [0.2, 0.25) is 0 Å². The first-order valence-corrected chi connectivity index (χ1v) is 6.61. The lowest BCUT2D eigenvalue weighted by Crippen LogP contribution is -2.33. The van der Waals surface area contributed by atoms with Crippen LogP contribution in [0, 0.1) is 5.41 Å². The van der Waals surface area contributed by atoms with Crippen LogP contribution in [0.3, 0.4) is 0 Å². The van der Waals surface area contributed by atoms with Gasteiger partial charge in [-0.2, -0.15) is 0 Å². The summed E-state index contributed by atoms with van der Waals surface area (Å²) in [7, 11) is 0. The molecule has 0 bridgehead atoms. The van der Waals surface area contributed by atoms with Gasteiger partial charge in [-0.1, -0.05) is 12.1 Å². The smallest absolute Gasteiger partial charge is 0.326 e. The number of para-hydroxylation sites is 1. The molecule has 0 aliphatic heterocycles. The summed E-state index contributed by atoms with van der Waals surface area (Å²) in [5, 5.41) is 21.8. The Morgan fingerprint density at radius 2 is 2.16 bits per heavy atom. The molecule has 0 unspecified atom stereocenters. The summed E-state index contributed by atoms with van der Waals surface area (Å²) in [5.74, 6) is -1.01. The van der Waals surface area contributed by atoms with Crippen LogP contribution >= 0.6 is 15.9 Å². The maximum absolute atomic E-state index is 11.2. The fourth-order valence-electron chi connectivity index (χ4n) is 1.55. The number of hydrogen-bond donors (Lipinski definition) is 5. The minimum Gasteiger partial charge on any atom is -0.480 e. The summed E-state index contributed by atoms with van der Waals surface area (Å²) in [4.78, 5) is 11.2. The van der Waals surface area contributed by atoms with E-state index in [9.17, 15) is 4.79 Å². The van der Waals surface area contributed by atoms with E-state index in [0.717, 1.165) is 10.2 Å². The molecule has 6 nitrogen and oxygen atoms in total. The van der Waals surface area contributed by atoms with Gasteiger partial charge in [0, 0.05) is 16.7 Å². The van der Waals surface area contributed by atoms with Crippen molar-refractivity contribution in [3.8, 4) is 0 Å². The lowest BCUT2D eigenvalue weighted by atomic mass is 10.1. The molecule has 19 heavy (non-hydrogen) atoms. The van der Waals surface area contributed by atoms with Crippen LogP contribution in [0.5, 0.6) is 0 Å². The van der Waals surface area contributed by atoms with E-state index in [4.69, 9.17) is 16.2 Å². The standard InChI is InChI=1S/C12H17BrN4O2/c13-8-4-1-2-5-9(8)17-10(11(18)19)6-3-7-16-12(14)15/h1-2,4-5,10,17H,3,6-7H2,(H,18,19)(H4,14,15,16)/t10-/m0/s1. The molecule has 0 saturated heterocycles. The quantitative estimate of drug-likeness (QED) is 0.296. The summed E-state index contributed by atoms with van der Waals surface area (Å²) in [6.07, 6.45) is 1.05. The molecule has 6 N–H and O–H groups in total. The molecule has 0 spiro atoms. The van der Waals surface area contributed by atoms with Crippen molar-refractivity contribution in [1.29, 1.82) is 5.41 Å². The number of carboxylic acids is 1. The number of anilines is 1. The van der Waals surface area contributed by atoms with Gasteiger partial charge in [0.2, 0.25) is 0 Å². The predicted octanol–water partition coefficient (Wildman–Crippen LogP) is 1.58. The Balaban J connectivity index is 2.52. The van der Waals surface area contributed by atoms with Gasteiger partial charge in [-0.25, -0.2) is 4.79 Å². The molecule has 1 rings (SSSR count). The molecule has 0 heterocycles. The highest BCUT2D eigenvalue weighted by Crippen LogP contribution is 2.22. The van der Waals surface area contributed by atoms with E-state index in [1.807, 2.05) is 24.3 Å². The lowest BCUT2D eigenvalue weighted by molar-refractivity contribution is -0.138. The molecule has 7 heteroatoms. The van der Waals surface area contributed by atoms with E-state index in [1.54, 1.807) is 0 Å². The Morgan fingerprint density at radius 1 is 1.47 bits per heavy atom. The third-order valence-electron chi connectivity index (χ3n) is 2.49. The zero-order chi connectivity index (χ0) is 14.3. The maximum atomic E-state index is 11.2. The van der Waals surface area contributed by atoms with E-state index < -0.39 is 12.0 Å². The predicted molar refractivity (Wildman–Crippen MR) is 78.3 cm³/mol. The molecule has 0 aliphatic carbocycles. The first kappa shape index (κ1) is 15.3. The number of carboxylic acid groups (broad SMARTS) is 1. The van der Waals surface area contributed by atoms with Crippen LogP contribution in [0.25, 0.3) is 0 Å². The number of aliphatic carboxylic acids is 1. The zero-order valence-corrected chi connectivity index (χ0v) is 11.9. The van der Waals surface area contributed by atoms with Crippen molar-refractivity contribution in [2.75, 3.05) is 11.9 Å². The Labute approximate surface area is 120 Å². The summed E-state index contributed by atoms with van der Waals surface area (Å²) < 4.78 is 0.822. The molecule has 0 aromatic heterocycles. The van der Waals surface area contributed by atoms with Gasteiger partial charge in [-0.05, 0) is 40.9 Å². The fourth-order valence-corrected chi connectivity index (χ4v) is 1.95. The van der Waals surface area contributed by atoms with Crippen molar-refractivity contribution in [1.82, 2.24) is 5.32 Å². The van der Waals surface area contributed by atoms with Gasteiger partial charge >= 0.3 is 5.97 Å². The maximum Gasteiger partial charge on any atom is 0.326 e. The average Bonchev–Trinajstić information content (AvgIpc) is 2.34. The Bertz CT molecular complexity index is 453. The van der Waals surface area contributed by atoms with Gasteiger partial charge in [0.1, 0.15) is 6.04 Å². The molecule has 1 aromatic rings. The van der Waals surface area contributed by atoms with Crippen LogP contribution in [0.4, 0.5) is 5.69 Å². The molecule has 0 amide bonds. The number of hydrogen-bond acceptors (Lipinski definition) is 3. The van der Waals surface area contributed by atoms with Crippen LogP contribution in [-0.4, -0.2) is 29.6 Å². The molecule has 1 atom stereocenters.